The Balaban J connectivity index is 2.74. The molecule has 0 heterocycles. The second-order valence-corrected chi connectivity index (χ2v) is 5.64. The zero-order valence-electron chi connectivity index (χ0n) is 11.3. The van der Waals surface area contributed by atoms with E-state index in [1.165, 1.54) is 0 Å². The number of para-hydroxylation sites is 1. The number of hydrogen-bond acceptors (Lipinski definition) is 3. The molecule has 0 aliphatic rings. The summed E-state index contributed by atoms with van der Waals surface area (Å²) >= 11 is 0. The molecule has 0 bridgehead atoms. The van der Waals surface area contributed by atoms with Crippen molar-refractivity contribution in [2.75, 3.05) is 20.8 Å². The van der Waals surface area contributed by atoms with Crippen molar-refractivity contribution in [1.29, 1.82) is 0 Å². The molecular formula is C15H19O3P. The van der Waals surface area contributed by atoms with E-state index in [4.69, 9.17) is 9.47 Å². The fourth-order valence-corrected chi connectivity index (χ4v) is 2.73. The average Bonchev–Trinajstić information content (AvgIpc) is 2.46. The number of benzene rings is 1. The van der Waals surface area contributed by atoms with Crippen LogP contribution in [0.4, 0.5) is 0 Å². The smallest absolute Gasteiger partial charge is 0.134 e. The van der Waals surface area contributed by atoms with Gasteiger partial charge in [-0.3, -0.25) is 0 Å². The second-order valence-electron chi connectivity index (χ2n) is 3.80. The summed E-state index contributed by atoms with van der Waals surface area (Å²) in [5.41, 5.74) is 0. The summed E-state index contributed by atoms with van der Waals surface area (Å²) in [5, 5.41) is 1.29. The van der Waals surface area contributed by atoms with Crippen LogP contribution < -0.4 is 10.0 Å². The molecule has 1 aromatic rings. The first-order valence-electron chi connectivity index (χ1n) is 5.89. The predicted octanol–water partition coefficient (Wildman–Crippen LogP) is 3.15. The Morgan fingerprint density at radius 3 is 2.74 bits per heavy atom. The Labute approximate surface area is 115 Å². The standard InChI is InChI=1S/C15H19O3P/c1-13(9-5-4-8-12-17-2)19(16)15-11-7-6-10-14(15)18-3/h4-11,19H,1,12H2,2-3H3/b8-4-,9-5-. The van der Waals surface area contributed by atoms with Crippen molar-refractivity contribution in [2.45, 2.75) is 0 Å². The quantitative estimate of drug-likeness (QED) is 0.567. The molecule has 0 aliphatic heterocycles. The third kappa shape index (κ3) is 4.90. The molecule has 3 nitrogen and oxygen atoms in total. The number of rotatable bonds is 7. The highest BCUT2D eigenvalue weighted by atomic mass is 31.1. The van der Waals surface area contributed by atoms with Gasteiger partial charge >= 0.3 is 0 Å². The van der Waals surface area contributed by atoms with Gasteiger partial charge in [-0.15, -0.1) is 0 Å². The van der Waals surface area contributed by atoms with Crippen LogP contribution in [0.2, 0.25) is 0 Å². The van der Waals surface area contributed by atoms with E-state index in [9.17, 15) is 4.57 Å². The number of allylic oxidation sites excluding steroid dienone is 4. The molecule has 19 heavy (non-hydrogen) atoms. The van der Waals surface area contributed by atoms with E-state index >= 15 is 0 Å². The van der Waals surface area contributed by atoms with Gasteiger partial charge in [0.15, 0.2) is 0 Å². The first-order chi connectivity index (χ1) is 9.20. The van der Waals surface area contributed by atoms with Crippen LogP contribution in [0, 0.1) is 0 Å². The molecule has 0 fully saturated rings. The maximum Gasteiger partial charge on any atom is 0.134 e. The van der Waals surface area contributed by atoms with Crippen LogP contribution >= 0.6 is 7.80 Å². The van der Waals surface area contributed by atoms with Gasteiger partial charge in [0.1, 0.15) is 13.6 Å². The molecular weight excluding hydrogens is 259 g/mol. The monoisotopic (exact) mass is 278 g/mol. The fraction of sp³-hybridized carbons (Fsp3) is 0.200. The maximum absolute atomic E-state index is 12.3. The first kappa shape index (κ1) is 15.5. The van der Waals surface area contributed by atoms with Crippen LogP contribution in [0.1, 0.15) is 0 Å². The largest absolute Gasteiger partial charge is 0.496 e. The van der Waals surface area contributed by atoms with Crippen molar-refractivity contribution in [3.05, 3.63) is 60.5 Å². The molecule has 0 spiro atoms. The molecule has 1 aromatic carbocycles. The lowest BCUT2D eigenvalue weighted by atomic mass is 10.3. The minimum absolute atomic E-state index is 0.554. The van der Waals surface area contributed by atoms with E-state index in [0.717, 1.165) is 0 Å². The van der Waals surface area contributed by atoms with Crippen LogP contribution in [0.25, 0.3) is 0 Å². The van der Waals surface area contributed by atoms with Crippen LogP contribution in [0.5, 0.6) is 5.75 Å². The minimum Gasteiger partial charge on any atom is -0.496 e. The molecule has 1 rings (SSSR count). The van der Waals surface area contributed by atoms with E-state index in [1.807, 2.05) is 24.3 Å². The first-order valence-corrected chi connectivity index (χ1v) is 7.30. The Morgan fingerprint density at radius 1 is 1.32 bits per heavy atom. The summed E-state index contributed by atoms with van der Waals surface area (Å²) < 4.78 is 22.4. The third-order valence-electron chi connectivity index (χ3n) is 2.45. The lowest BCUT2D eigenvalue weighted by molar-refractivity contribution is 0.234. The van der Waals surface area contributed by atoms with Gasteiger partial charge in [0.2, 0.25) is 0 Å². The van der Waals surface area contributed by atoms with Crippen LogP contribution in [0.3, 0.4) is 0 Å². The molecule has 102 valence electrons. The highest BCUT2D eigenvalue weighted by molar-refractivity contribution is 7.58. The van der Waals surface area contributed by atoms with Gasteiger partial charge in [-0.25, -0.2) is 0 Å². The van der Waals surface area contributed by atoms with E-state index < -0.39 is 7.80 Å². The van der Waals surface area contributed by atoms with Crippen molar-refractivity contribution < 1.29 is 14.0 Å². The molecule has 0 amide bonds. The third-order valence-corrected chi connectivity index (χ3v) is 4.10. The van der Waals surface area contributed by atoms with E-state index in [-0.39, 0.29) is 0 Å². The molecule has 0 radical (unpaired) electrons. The van der Waals surface area contributed by atoms with Crippen molar-refractivity contribution in [3.63, 3.8) is 0 Å². The molecule has 4 heteroatoms. The molecule has 0 aliphatic carbocycles. The Bertz CT molecular complexity index is 504. The maximum atomic E-state index is 12.3. The Kier molecular flexibility index (Phi) is 6.94. The topological polar surface area (TPSA) is 35.5 Å². The van der Waals surface area contributed by atoms with E-state index in [0.29, 0.717) is 23.0 Å². The molecule has 0 N–H and O–H groups in total. The van der Waals surface area contributed by atoms with Gasteiger partial charge in [0.25, 0.3) is 0 Å². The van der Waals surface area contributed by atoms with Crippen molar-refractivity contribution in [1.82, 2.24) is 0 Å². The van der Waals surface area contributed by atoms with Gasteiger partial charge in [-0.05, 0) is 12.1 Å². The van der Waals surface area contributed by atoms with Crippen molar-refractivity contribution in [2.24, 2.45) is 0 Å². The summed E-state index contributed by atoms with van der Waals surface area (Å²) in [6, 6.07) is 7.30. The van der Waals surface area contributed by atoms with Gasteiger partial charge in [0.05, 0.1) is 19.0 Å². The number of ether oxygens (including phenoxy) is 2. The SMILES string of the molecule is C=C(/C=C\C=C/COC)[PH](=O)c1ccccc1OC. The van der Waals surface area contributed by atoms with Gasteiger partial charge in [-0.2, -0.15) is 0 Å². The summed E-state index contributed by atoms with van der Waals surface area (Å²) in [5.74, 6) is 0.635. The van der Waals surface area contributed by atoms with Crippen LogP contribution in [0.15, 0.2) is 60.5 Å². The second kappa shape index (κ2) is 8.52. The summed E-state index contributed by atoms with van der Waals surface area (Å²) in [7, 11) is 1.10. The highest BCUT2D eigenvalue weighted by Crippen LogP contribution is 2.34. The summed E-state index contributed by atoms with van der Waals surface area (Å²) in [4.78, 5) is 0. The van der Waals surface area contributed by atoms with Crippen molar-refractivity contribution in [3.8, 4) is 5.75 Å². The van der Waals surface area contributed by atoms with E-state index in [1.54, 1.807) is 38.5 Å². The average molecular weight is 278 g/mol. The Morgan fingerprint density at radius 2 is 2.05 bits per heavy atom. The fourth-order valence-electron chi connectivity index (χ4n) is 1.48. The molecule has 0 aromatic heterocycles. The lowest BCUT2D eigenvalue weighted by Crippen LogP contribution is -2.01. The number of methoxy groups -OCH3 is 2. The normalized spacial score (nSPS) is 12.9. The van der Waals surface area contributed by atoms with Crippen LogP contribution in [-0.4, -0.2) is 20.8 Å². The zero-order chi connectivity index (χ0) is 14.1. The molecule has 0 saturated carbocycles. The zero-order valence-corrected chi connectivity index (χ0v) is 12.3. The van der Waals surface area contributed by atoms with Crippen LogP contribution in [-0.2, 0) is 9.30 Å². The molecule has 1 unspecified atom stereocenters. The molecule has 0 saturated heterocycles. The minimum atomic E-state index is -2.10. The molecule has 1 atom stereocenters. The summed E-state index contributed by atoms with van der Waals surface area (Å²) in [6.07, 6.45) is 7.26. The van der Waals surface area contributed by atoms with Gasteiger partial charge in [-0.1, -0.05) is 43.0 Å². The van der Waals surface area contributed by atoms with Gasteiger partial charge < -0.3 is 14.0 Å². The van der Waals surface area contributed by atoms with Crippen molar-refractivity contribution >= 4 is 13.1 Å². The summed E-state index contributed by atoms with van der Waals surface area (Å²) in [6.45, 7) is 4.40. The van der Waals surface area contributed by atoms with Gasteiger partial charge in [0, 0.05) is 12.4 Å². The highest BCUT2D eigenvalue weighted by Gasteiger charge is 2.10. The number of hydrogen-bond donors (Lipinski definition) is 0. The van der Waals surface area contributed by atoms with E-state index in [2.05, 4.69) is 6.58 Å². The Hall–Kier alpha value is -1.57. The lowest BCUT2D eigenvalue weighted by Gasteiger charge is -2.07. The predicted molar refractivity (Wildman–Crippen MR) is 80.9 cm³/mol.